The van der Waals surface area contributed by atoms with Crippen LogP contribution in [-0.2, 0) is 4.79 Å². The van der Waals surface area contributed by atoms with Crippen LogP contribution >= 0.6 is 0 Å². The zero-order valence-electron chi connectivity index (χ0n) is 15.1. The smallest absolute Gasteiger partial charge is 0.318 e. The Kier molecular flexibility index (Phi) is 5.44. The third kappa shape index (κ3) is 3.30. The van der Waals surface area contributed by atoms with Crippen molar-refractivity contribution in [3.63, 3.8) is 0 Å². The zero-order chi connectivity index (χ0) is 17.0. The lowest BCUT2D eigenvalue weighted by Gasteiger charge is -2.31. The number of benzene rings is 1. The van der Waals surface area contributed by atoms with Crippen molar-refractivity contribution in [2.75, 3.05) is 20.2 Å². The summed E-state index contributed by atoms with van der Waals surface area (Å²) in [4.78, 5) is 12.7. The molecule has 3 rings (SSSR count). The lowest BCUT2D eigenvalue weighted by atomic mass is 10.2. The number of ether oxygens (including phenoxy) is 2. The van der Waals surface area contributed by atoms with E-state index >= 15 is 0 Å². The second-order valence-electron chi connectivity index (χ2n) is 7.13. The van der Waals surface area contributed by atoms with Crippen molar-refractivity contribution >= 4 is 11.6 Å². The van der Waals surface area contributed by atoms with Crippen molar-refractivity contribution in [2.24, 2.45) is 0 Å². The second kappa shape index (κ2) is 7.56. The van der Waals surface area contributed by atoms with Crippen LogP contribution in [0, 0.1) is 0 Å². The Morgan fingerprint density at radius 2 is 1.96 bits per heavy atom. The normalized spacial score (nSPS) is 24.5. The van der Waals surface area contributed by atoms with Crippen molar-refractivity contribution in [3.05, 3.63) is 18.2 Å². The molecule has 0 radical (unpaired) electrons. The summed E-state index contributed by atoms with van der Waals surface area (Å²) < 4.78 is 12.2. The Labute approximate surface area is 145 Å². The molecular weight excluding hydrogens is 302 g/mol. The zero-order valence-corrected chi connectivity index (χ0v) is 15.1. The first-order chi connectivity index (χ1) is 11.7. The molecule has 1 aromatic rings. The van der Waals surface area contributed by atoms with Crippen LogP contribution in [0.5, 0.6) is 11.5 Å². The van der Waals surface area contributed by atoms with Gasteiger partial charge in [0.25, 0.3) is 0 Å². The highest BCUT2D eigenvalue weighted by molar-refractivity contribution is 5.90. The molecule has 2 fully saturated rings. The highest BCUT2D eigenvalue weighted by atomic mass is 16.5. The molecule has 1 unspecified atom stereocenters. The van der Waals surface area contributed by atoms with Crippen molar-refractivity contribution in [1.29, 1.82) is 0 Å². The fourth-order valence-corrected chi connectivity index (χ4v) is 4.12. The summed E-state index contributed by atoms with van der Waals surface area (Å²) in [5.74, 6) is 1.92. The molecule has 132 valence electrons. The molecule has 0 N–H and O–H groups in total. The Balaban J connectivity index is 1.92. The summed E-state index contributed by atoms with van der Waals surface area (Å²) in [6.07, 6.45) is 8.83. The van der Waals surface area contributed by atoms with Gasteiger partial charge in [-0.15, -0.1) is 0 Å². The first-order valence-electron chi connectivity index (χ1n) is 9.45. The van der Waals surface area contributed by atoms with E-state index in [-0.39, 0.29) is 6.10 Å². The topological polar surface area (TPSA) is 35.5 Å². The molecule has 1 aliphatic heterocycles. The van der Waals surface area contributed by atoms with E-state index in [0.717, 1.165) is 62.4 Å². The summed E-state index contributed by atoms with van der Waals surface area (Å²) in [6, 6.07) is 6.09. The van der Waals surface area contributed by atoms with Crippen LogP contribution in [0.25, 0.3) is 0 Å². The number of likely N-dealkylation sites (tertiary alicyclic amines) is 1. The molecule has 1 atom stereocenters. The third-order valence-corrected chi connectivity index (χ3v) is 5.54. The number of nitrogens with zero attached hydrogens (tertiary/aromatic N) is 1. The van der Waals surface area contributed by atoms with Crippen LogP contribution < -0.4 is 14.0 Å². The quantitative estimate of drug-likeness (QED) is 0.692. The Morgan fingerprint density at radius 1 is 1.17 bits per heavy atom. The van der Waals surface area contributed by atoms with E-state index in [4.69, 9.17) is 9.47 Å². The molecule has 1 saturated carbocycles. The van der Waals surface area contributed by atoms with E-state index in [9.17, 15) is 4.79 Å². The fraction of sp³-hybridized carbons (Fsp3) is 0.650. The second-order valence-corrected chi connectivity index (χ2v) is 7.13. The van der Waals surface area contributed by atoms with Gasteiger partial charge in [0.05, 0.1) is 32.7 Å². The van der Waals surface area contributed by atoms with E-state index in [1.165, 1.54) is 12.8 Å². The molecule has 1 heterocycles. The number of hydrogen-bond acceptors (Lipinski definition) is 3. The van der Waals surface area contributed by atoms with Gasteiger partial charge in [-0.2, -0.15) is 0 Å². The molecule has 1 saturated heterocycles. The SMILES string of the molecule is CCCC[N+]1(c2ccc(OC)c(OC3CCCC3)c2)CCCC1=O. The summed E-state index contributed by atoms with van der Waals surface area (Å²) in [6.45, 7) is 3.98. The molecule has 4 nitrogen and oxygen atoms in total. The molecule has 24 heavy (non-hydrogen) atoms. The van der Waals surface area contributed by atoms with Gasteiger partial charge in [-0.25, -0.2) is 9.28 Å². The first-order valence-corrected chi connectivity index (χ1v) is 9.45. The number of hydrogen-bond donors (Lipinski definition) is 0. The van der Waals surface area contributed by atoms with Crippen molar-refractivity contribution in [1.82, 2.24) is 4.48 Å². The third-order valence-electron chi connectivity index (χ3n) is 5.54. The number of methoxy groups -OCH3 is 1. The molecule has 1 aliphatic carbocycles. The summed E-state index contributed by atoms with van der Waals surface area (Å²) in [5.41, 5.74) is 1.07. The summed E-state index contributed by atoms with van der Waals surface area (Å²) in [5, 5.41) is 0. The average Bonchev–Trinajstić information content (AvgIpc) is 3.23. The fourth-order valence-electron chi connectivity index (χ4n) is 4.12. The van der Waals surface area contributed by atoms with E-state index in [2.05, 4.69) is 19.1 Å². The maximum absolute atomic E-state index is 12.7. The molecule has 4 heteroatoms. The molecule has 1 aromatic carbocycles. The van der Waals surface area contributed by atoms with Crippen LogP contribution in [0.15, 0.2) is 18.2 Å². The lowest BCUT2D eigenvalue weighted by molar-refractivity contribution is -0.127. The lowest BCUT2D eigenvalue weighted by Crippen LogP contribution is -2.51. The average molecular weight is 332 g/mol. The van der Waals surface area contributed by atoms with Gasteiger partial charge < -0.3 is 9.47 Å². The van der Waals surface area contributed by atoms with Gasteiger partial charge in [0.2, 0.25) is 0 Å². The molecule has 0 aromatic heterocycles. The Bertz CT molecular complexity index is 580. The van der Waals surface area contributed by atoms with E-state index in [1.54, 1.807) is 7.11 Å². The number of unbranched alkanes of at least 4 members (excludes halogenated alkanes) is 1. The van der Waals surface area contributed by atoms with Crippen LogP contribution in [0.3, 0.4) is 0 Å². The number of rotatable bonds is 7. The highest BCUT2D eigenvalue weighted by Crippen LogP contribution is 2.39. The number of carbonyl (C=O) groups is 1. The summed E-state index contributed by atoms with van der Waals surface area (Å²) >= 11 is 0. The number of amides is 1. The van der Waals surface area contributed by atoms with E-state index < -0.39 is 0 Å². The van der Waals surface area contributed by atoms with E-state index in [0.29, 0.717) is 16.8 Å². The van der Waals surface area contributed by atoms with E-state index in [1.807, 2.05) is 6.07 Å². The monoisotopic (exact) mass is 332 g/mol. The van der Waals surface area contributed by atoms with Gasteiger partial charge in [-0.05, 0) is 38.2 Å². The van der Waals surface area contributed by atoms with Gasteiger partial charge >= 0.3 is 5.91 Å². The van der Waals surface area contributed by atoms with Gasteiger partial charge in [0.1, 0.15) is 5.69 Å². The van der Waals surface area contributed by atoms with Gasteiger partial charge in [0, 0.05) is 18.6 Å². The maximum atomic E-state index is 12.7. The molecular formula is C20H30NO3+. The molecule has 2 aliphatic rings. The Hall–Kier alpha value is -1.55. The minimum atomic E-state index is 0.285. The minimum absolute atomic E-state index is 0.285. The maximum Gasteiger partial charge on any atom is 0.318 e. The molecule has 0 spiro atoms. The van der Waals surface area contributed by atoms with Crippen LogP contribution in [0.2, 0.25) is 0 Å². The van der Waals surface area contributed by atoms with Crippen LogP contribution in [-0.4, -0.2) is 32.2 Å². The minimum Gasteiger partial charge on any atom is -0.493 e. The van der Waals surface area contributed by atoms with Crippen molar-refractivity contribution in [3.8, 4) is 11.5 Å². The van der Waals surface area contributed by atoms with Crippen molar-refractivity contribution < 1.29 is 14.3 Å². The first kappa shape index (κ1) is 17.3. The standard InChI is InChI=1S/C20H30NO3/c1-3-4-13-21(14-7-10-20(21)22)16-11-12-18(23-2)19(15-16)24-17-8-5-6-9-17/h11-12,15,17H,3-10,13-14H2,1-2H3/q+1. The molecule has 1 amide bonds. The summed E-state index contributed by atoms with van der Waals surface area (Å²) in [7, 11) is 1.68. The number of carbonyl (C=O) groups excluding carboxylic acids is 1. The van der Waals surface area contributed by atoms with Gasteiger partial charge in [-0.1, -0.05) is 13.3 Å². The highest BCUT2D eigenvalue weighted by Gasteiger charge is 2.43. The van der Waals surface area contributed by atoms with Crippen LogP contribution in [0.1, 0.15) is 58.3 Å². The van der Waals surface area contributed by atoms with Gasteiger partial charge in [-0.3, -0.25) is 0 Å². The van der Waals surface area contributed by atoms with Crippen molar-refractivity contribution in [2.45, 2.75) is 64.4 Å². The predicted octanol–water partition coefficient (Wildman–Crippen LogP) is 4.44. The van der Waals surface area contributed by atoms with Crippen LogP contribution in [0.4, 0.5) is 5.69 Å². The molecule has 0 bridgehead atoms. The largest absolute Gasteiger partial charge is 0.493 e. The predicted molar refractivity (Wildman–Crippen MR) is 96.6 cm³/mol. The number of quaternary nitrogens is 1. The Morgan fingerprint density at radius 3 is 2.58 bits per heavy atom. The van der Waals surface area contributed by atoms with Gasteiger partial charge in [0.15, 0.2) is 11.5 Å².